The molecule has 2 atom stereocenters. The Balaban J connectivity index is 2.58. The van der Waals surface area contributed by atoms with Gasteiger partial charge in [-0.15, -0.1) is 0 Å². The van der Waals surface area contributed by atoms with Gasteiger partial charge in [0, 0.05) is 0 Å². The van der Waals surface area contributed by atoms with Gasteiger partial charge < -0.3 is 4.42 Å². The molecule has 0 bridgehead atoms. The lowest BCUT2D eigenvalue weighted by molar-refractivity contribution is 0.553. The van der Waals surface area contributed by atoms with Gasteiger partial charge in [-0.1, -0.05) is 0 Å². The maximum Gasteiger partial charge on any atom is 0.180 e. The van der Waals surface area contributed by atoms with E-state index in [9.17, 15) is 4.21 Å². The Hall–Kier alpha value is -0.680. The largest absolute Gasteiger partial charge is 0.451 e. The molecule has 80 valence electrons. The Morgan fingerprint density at radius 1 is 1.57 bits per heavy atom. The molecule has 5 heteroatoms. The highest BCUT2D eigenvalue weighted by Gasteiger charge is 2.22. The van der Waals surface area contributed by atoms with Crippen molar-refractivity contribution in [3.63, 3.8) is 0 Å². The van der Waals surface area contributed by atoms with E-state index in [0.29, 0.717) is 0 Å². The lowest BCUT2D eigenvalue weighted by atomic mass is 10.3. The summed E-state index contributed by atoms with van der Waals surface area (Å²) in [5.41, 5.74) is 0.766. The predicted octanol–water partition coefficient (Wildman–Crippen LogP) is 1.79. The van der Waals surface area contributed by atoms with Gasteiger partial charge in [0.1, 0.15) is 6.26 Å². The molecule has 0 aliphatic rings. The highest BCUT2D eigenvalue weighted by Crippen LogP contribution is 2.15. The summed E-state index contributed by atoms with van der Waals surface area (Å²) in [6, 6.07) is -0.0613. The Morgan fingerprint density at radius 2 is 2.21 bits per heavy atom. The van der Waals surface area contributed by atoms with Crippen molar-refractivity contribution in [3.8, 4) is 0 Å². The summed E-state index contributed by atoms with van der Waals surface area (Å²) < 4.78 is 19.3. The third kappa shape index (κ3) is 2.92. The van der Waals surface area contributed by atoms with Crippen LogP contribution in [0.2, 0.25) is 0 Å². The summed E-state index contributed by atoms with van der Waals surface area (Å²) >= 11 is 0. The first-order valence-electron chi connectivity index (χ1n) is 4.47. The van der Waals surface area contributed by atoms with E-state index in [1.54, 1.807) is 6.26 Å². The van der Waals surface area contributed by atoms with Gasteiger partial charge in [-0.05, 0) is 27.7 Å². The van der Waals surface area contributed by atoms with Crippen LogP contribution in [0.5, 0.6) is 0 Å². The highest BCUT2D eigenvalue weighted by molar-refractivity contribution is 7.84. The first-order valence-corrected chi connectivity index (χ1v) is 5.62. The second-order valence-electron chi connectivity index (χ2n) is 4.13. The van der Waals surface area contributed by atoms with Crippen LogP contribution in [-0.4, -0.2) is 13.9 Å². The van der Waals surface area contributed by atoms with Gasteiger partial charge in [-0.3, -0.25) is 0 Å². The van der Waals surface area contributed by atoms with Crippen LogP contribution in [0.25, 0.3) is 0 Å². The van der Waals surface area contributed by atoms with E-state index < -0.39 is 11.0 Å². The zero-order chi connectivity index (χ0) is 10.8. The van der Waals surface area contributed by atoms with Crippen molar-refractivity contribution < 1.29 is 8.63 Å². The Bertz CT molecular complexity index is 303. The number of nitrogens with zero attached hydrogens (tertiary/aromatic N) is 1. The molecule has 1 N–H and O–H groups in total. The molecule has 0 unspecified atom stereocenters. The zero-order valence-electron chi connectivity index (χ0n) is 8.90. The minimum Gasteiger partial charge on any atom is -0.451 e. The minimum atomic E-state index is -1.08. The van der Waals surface area contributed by atoms with Gasteiger partial charge >= 0.3 is 0 Å². The second kappa shape index (κ2) is 4.23. The van der Waals surface area contributed by atoms with Crippen molar-refractivity contribution in [2.75, 3.05) is 0 Å². The Kier molecular flexibility index (Phi) is 3.44. The van der Waals surface area contributed by atoms with Crippen molar-refractivity contribution in [2.45, 2.75) is 38.5 Å². The molecule has 0 radical (unpaired) electrons. The molecular weight excluding hydrogens is 200 g/mol. The Labute approximate surface area is 86.7 Å². The first kappa shape index (κ1) is 11.4. The maximum absolute atomic E-state index is 11.7. The van der Waals surface area contributed by atoms with Gasteiger partial charge in [-0.25, -0.2) is 13.9 Å². The standard InChI is InChI=1S/C9H16N2O2S/c1-7(8-5-13-6-10-8)11-14(12)9(2,3)4/h5-7,11H,1-4H3/t7-,14-/m0/s1. The molecule has 1 rings (SSSR count). The summed E-state index contributed by atoms with van der Waals surface area (Å²) in [5.74, 6) is 0. The third-order valence-corrected chi connectivity index (χ3v) is 3.42. The molecule has 0 saturated carbocycles. The molecule has 0 saturated heterocycles. The maximum atomic E-state index is 11.7. The molecule has 0 spiro atoms. The van der Waals surface area contributed by atoms with Crippen molar-refractivity contribution in [1.29, 1.82) is 0 Å². The highest BCUT2D eigenvalue weighted by atomic mass is 32.2. The normalized spacial score (nSPS) is 16.6. The number of nitrogens with one attached hydrogen (secondary N) is 1. The molecule has 0 aliphatic heterocycles. The van der Waals surface area contributed by atoms with Gasteiger partial charge in [0.2, 0.25) is 0 Å². The molecule has 4 nitrogen and oxygen atoms in total. The van der Waals surface area contributed by atoms with Crippen molar-refractivity contribution in [2.24, 2.45) is 0 Å². The number of rotatable bonds is 3. The monoisotopic (exact) mass is 216 g/mol. The van der Waals surface area contributed by atoms with Crippen LogP contribution in [0.3, 0.4) is 0 Å². The van der Waals surface area contributed by atoms with Crippen LogP contribution in [0.15, 0.2) is 17.1 Å². The third-order valence-electron chi connectivity index (χ3n) is 1.74. The molecule has 0 aromatic carbocycles. The van der Waals surface area contributed by atoms with Crippen molar-refractivity contribution >= 4 is 11.0 Å². The van der Waals surface area contributed by atoms with E-state index in [1.807, 2.05) is 27.7 Å². The quantitative estimate of drug-likeness (QED) is 0.838. The van der Waals surface area contributed by atoms with Crippen LogP contribution in [-0.2, 0) is 11.0 Å². The van der Waals surface area contributed by atoms with Crippen LogP contribution in [0.1, 0.15) is 39.4 Å². The fourth-order valence-corrected chi connectivity index (χ4v) is 1.63. The first-order chi connectivity index (χ1) is 6.41. The molecule has 1 heterocycles. The van der Waals surface area contributed by atoms with E-state index in [4.69, 9.17) is 4.42 Å². The molecule has 1 aromatic rings. The summed E-state index contributed by atoms with van der Waals surface area (Å²) in [4.78, 5) is 3.99. The number of hydrogen-bond acceptors (Lipinski definition) is 3. The smallest absolute Gasteiger partial charge is 0.180 e. The van der Waals surface area contributed by atoms with Gasteiger partial charge in [0.25, 0.3) is 0 Å². The summed E-state index contributed by atoms with van der Waals surface area (Å²) in [5, 5.41) is 0. The number of aromatic nitrogens is 1. The Morgan fingerprint density at radius 3 is 2.64 bits per heavy atom. The number of hydrogen-bond donors (Lipinski definition) is 1. The molecule has 0 amide bonds. The molecule has 14 heavy (non-hydrogen) atoms. The molecular formula is C9H16N2O2S. The average molecular weight is 216 g/mol. The minimum absolute atomic E-state index is 0.0613. The van der Waals surface area contributed by atoms with Crippen LogP contribution in [0.4, 0.5) is 0 Å². The fraction of sp³-hybridized carbons (Fsp3) is 0.667. The zero-order valence-corrected chi connectivity index (χ0v) is 9.72. The van der Waals surface area contributed by atoms with Crippen LogP contribution in [0, 0.1) is 0 Å². The van der Waals surface area contributed by atoms with E-state index in [1.165, 1.54) is 6.39 Å². The fourth-order valence-electron chi connectivity index (χ4n) is 0.833. The van der Waals surface area contributed by atoms with Gasteiger partial charge in [0.15, 0.2) is 6.39 Å². The van der Waals surface area contributed by atoms with E-state index >= 15 is 0 Å². The molecule has 0 fully saturated rings. The number of oxazole rings is 1. The summed E-state index contributed by atoms with van der Waals surface area (Å²) in [6.45, 7) is 7.67. The van der Waals surface area contributed by atoms with E-state index in [-0.39, 0.29) is 10.8 Å². The van der Waals surface area contributed by atoms with Crippen molar-refractivity contribution in [3.05, 3.63) is 18.4 Å². The summed E-state index contributed by atoms with van der Waals surface area (Å²) in [7, 11) is -1.08. The van der Waals surface area contributed by atoms with Crippen molar-refractivity contribution in [1.82, 2.24) is 9.71 Å². The van der Waals surface area contributed by atoms with E-state index in [2.05, 4.69) is 9.71 Å². The van der Waals surface area contributed by atoms with Crippen LogP contribution < -0.4 is 4.72 Å². The molecule has 1 aromatic heterocycles. The SMILES string of the molecule is C[C@H](N[S@@](=O)C(C)(C)C)c1cocn1. The lowest BCUT2D eigenvalue weighted by Gasteiger charge is -2.20. The van der Waals surface area contributed by atoms with Gasteiger partial charge in [-0.2, -0.15) is 0 Å². The second-order valence-corrected chi connectivity index (χ2v) is 6.13. The van der Waals surface area contributed by atoms with E-state index in [0.717, 1.165) is 5.69 Å². The summed E-state index contributed by atoms with van der Waals surface area (Å²) in [6.07, 6.45) is 2.92. The lowest BCUT2D eigenvalue weighted by Crippen LogP contribution is -2.34. The topological polar surface area (TPSA) is 55.1 Å². The van der Waals surface area contributed by atoms with Crippen LogP contribution >= 0.6 is 0 Å². The predicted molar refractivity (Wildman–Crippen MR) is 55.9 cm³/mol. The average Bonchev–Trinajstić information content (AvgIpc) is 2.53. The van der Waals surface area contributed by atoms with Gasteiger partial charge in [0.05, 0.1) is 27.5 Å². The molecule has 0 aliphatic carbocycles.